The molecule has 0 bridgehead atoms. The minimum absolute atomic E-state index is 0.0422. The number of piperidine rings is 1. The third kappa shape index (κ3) is 5.39. The van der Waals surface area contributed by atoms with Gasteiger partial charge < -0.3 is 15.5 Å². The van der Waals surface area contributed by atoms with E-state index in [0.29, 0.717) is 25.9 Å². The van der Waals surface area contributed by atoms with Crippen molar-refractivity contribution in [2.75, 3.05) is 13.1 Å². The van der Waals surface area contributed by atoms with Crippen molar-refractivity contribution in [1.29, 1.82) is 0 Å². The summed E-state index contributed by atoms with van der Waals surface area (Å²) in [6.45, 7) is 1.10. The van der Waals surface area contributed by atoms with Gasteiger partial charge in [-0.05, 0) is 49.9 Å². The number of carbonyl (C=O) groups is 2. The van der Waals surface area contributed by atoms with Crippen molar-refractivity contribution in [3.05, 3.63) is 35.4 Å². The Balaban J connectivity index is 1.44. The van der Waals surface area contributed by atoms with Crippen molar-refractivity contribution < 1.29 is 22.8 Å². The van der Waals surface area contributed by atoms with E-state index in [2.05, 4.69) is 10.6 Å². The van der Waals surface area contributed by atoms with Crippen LogP contribution in [0.5, 0.6) is 0 Å². The molecule has 2 aliphatic rings. The van der Waals surface area contributed by atoms with Crippen LogP contribution < -0.4 is 10.6 Å². The minimum Gasteiger partial charge on any atom is -0.349 e. The van der Waals surface area contributed by atoms with E-state index in [1.54, 1.807) is 4.90 Å². The number of carbonyl (C=O) groups excluding carboxylic acids is 2. The molecular formula is C20H26F3N3O2. The topological polar surface area (TPSA) is 61.4 Å². The molecule has 0 aromatic heterocycles. The first kappa shape index (κ1) is 20.5. The molecule has 1 aliphatic carbocycles. The van der Waals surface area contributed by atoms with Crippen LogP contribution in [0.25, 0.3) is 0 Å². The Kier molecular flexibility index (Phi) is 6.46. The van der Waals surface area contributed by atoms with Crippen LogP contribution in [0.4, 0.5) is 18.0 Å². The lowest BCUT2D eigenvalue weighted by Crippen LogP contribution is -2.51. The molecule has 0 spiro atoms. The smallest absolute Gasteiger partial charge is 0.349 e. The molecule has 0 unspecified atom stereocenters. The van der Waals surface area contributed by atoms with Gasteiger partial charge in [0.1, 0.15) is 0 Å². The number of likely N-dealkylation sites (tertiary alicyclic amines) is 1. The van der Waals surface area contributed by atoms with Crippen LogP contribution in [0.3, 0.4) is 0 Å². The van der Waals surface area contributed by atoms with Gasteiger partial charge in [0.15, 0.2) is 0 Å². The fourth-order valence-corrected chi connectivity index (χ4v) is 3.82. The SMILES string of the molecule is O=C(NC1CCN(C(=O)NC2CCCCC2)CC1)c1ccc(C(F)(F)F)cc1. The van der Waals surface area contributed by atoms with E-state index in [-0.39, 0.29) is 29.6 Å². The number of nitrogens with zero attached hydrogens (tertiary/aromatic N) is 1. The average Bonchev–Trinajstić information content (AvgIpc) is 2.68. The van der Waals surface area contributed by atoms with Gasteiger partial charge in [-0.25, -0.2) is 4.79 Å². The highest BCUT2D eigenvalue weighted by molar-refractivity contribution is 5.94. The van der Waals surface area contributed by atoms with Gasteiger partial charge in [0.25, 0.3) is 5.91 Å². The van der Waals surface area contributed by atoms with Gasteiger partial charge in [0.2, 0.25) is 0 Å². The predicted octanol–water partition coefficient (Wildman–Crippen LogP) is 3.94. The van der Waals surface area contributed by atoms with Gasteiger partial charge in [-0.2, -0.15) is 13.2 Å². The van der Waals surface area contributed by atoms with Crippen molar-refractivity contribution in [1.82, 2.24) is 15.5 Å². The summed E-state index contributed by atoms with van der Waals surface area (Å²) in [7, 11) is 0. The first-order valence-electron chi connectivity index (χ1n) is 9.86. The number of rotatable bonds is 3. The standard InChI is InChI=1S/C20H26F3N3O2/c21-20(22,23)15-8-6-14(7-9-15)18(27)24-17-10-12-26(13-11-17)19(28)25-16-4-2-1-3-5-16/h6-9,16-17H,1-5,10-13H2,(H,24,27)(H,25,28). The highest BCUT2D eigenvalue weighted by Gasteiger charge is 2.30. The molecule has 1 aromatic rings. The van der Waals surface area contributed by atoms with Crippen LogP contribution in [0.15, 0.2) is 24.3 Å². The summed E-state index contributed by atoms with van der Waals surface area (Å²) in [4.78, 5) is 26.4. The molecule has 2 N–H and O–H groups in total. The number of nitrogens with one attached hydrogen (secondary N) is 2. The molecule has 1 aromatic carbocycles. The van der Waals surface area contributed by atoms with Crippen molar-refractivity contribution >= 4 is 11.9 Å². The number of hydrogen-bond acceptors (Lipinski definition) is 2. The van der Waals surface area contributed by atoms with E-state index in [4.69, 9.17) is 0 Å². The molecular weight excluding hydrogens is 371 g/mol. The van der Waals surface area contributed by atoms with Gasteiger partial charge in [0, 0.05) is 30.7 Å². The Hall–Kier alpha value is -2.25. The molecule has 1 saturated heterocycles. The van der Waals surface area contributed by atoms with Crippen molar-refractivity contribution in [3.63, 3.8) is 0 Å². The van der Waals surface area contributed by atoms with Gasteiger partial charge in [0.05, 0.1) is 5.56 Å². The summed E-state index contributed by atoms with van der Waals surface area (Å²) in [5.41, 5.74) is -0.577. The van der Waals surface area contributed by atoms with Crippen LogP contribution in [-0.2, 0) is 6.18 Å². The molecule has 3 rings (SSSR count). The van der Waals surface area contributed by atoms with Crippen LogP contribution >= 0.6 is 0 Å². The quantitative estimate of drug-likeness (QED) is 0.812. The van der Waals surface area contributed by atoms with Crippen molar-refractivity contribution in [2.24, 2.45) is 0 Å². The summed E-state index contributed by atoms with van der Waals surface area (Å²) >= 11 is 0. The molecule has 8 heteroatoms. The van der Waals surface area contributed by atoms with Crippen LogP contribution in [0.1, 0.15) is 60.9 Å². The van der Waals surface area contributed by atoms with Crippen LogP contribution in [-0.4, -0.2) is 42.0 Å². The summed E-state index contributed by atoms with van der Waals surface area (Å²) in [6.07, 6.45) is 2.45. The van der Waals surface area contributed by atoms with Crippen molar-refractivity contribution in [2.45, 2.75) is 63.2 Å². The number of halogens is 3. The molecule has 154 valence electrons. The number of urea groups is 1. The van der Waals surface area contributed by atoms with Gasteiger partial charge in [-0.1, -0.05) is 19.3 Å². The first-order valence-corrected chi connectivity index (χ1v) is 9.86. The van der Waals surface area contributed by atoms with Gasteiger partial charge >= 0.3 is 12.2 Å². The summed E-state index contributed by atoms with van der Waals surface area (Å²) in [5, 5.41) is 5.95. The molecule has 0 atom stereocenters. The van der Waals surface area contributed by atoms with Crippen LogP contribution in [0, 0.1) is 0 Å². The average molecular weight is 397 g/mol. The number of alkyl halides is 3. The Morgan fingerprint density at radius 1 is 0.857 bits per heavy atom. The Bertz CT molecular complexity index is 677. The molecule has 1 saturated carbocycles. The fourth-order valence-electron chi connectivity index (χ4n) is 3.82. The zero-order valence-corrected chi connectivity index (χ0v) is 15.7. The van der Waals surface area contributed by atoms with Gasteiger partial charge in [-0.15, -0.1) is 0 Å². The second-order valence-electron chi connectivity index (χ2n) is 7.59. The summed E-state index contributed by atoms with van der Waals surface area (Å²) in [5.74, 6) is -0.390. The number of hydrogen-bond donors (Lipinski definition) is 2. The van der Waals surface area contributed by atoms with Crippen LogP contribution in [0.2, 0.25) is 0 Å². The first-order chi connectivity index (χ1) is 13.3. The molecule has 0 radical (unpaired) electrons. The lowest BCUT2D eigenvalue weighted by molar-refractivity contribution is -0.137. The Labute approximate surface area is 162 Å². The minimum atomic E-state index is -4.42. The second-order valence-corrected chi connectivity index (χ2v) is 7.59. The normalized spacial score (nSPS) is 19.3. The molecule has 28 heavy (non-hydrogen) atoms. The van der Waals surface area contributed by atoms with E-state index in [0.717, 1.165) is 37.8 Å². The molecule has 5 nitrogen and oxygen atoms in total. The van der Waals surface area contributed by atoms with E-state index >= 15 is 0 Å². The zero-order valence-electron chi connectivity index (χ0n) is 15.7. The molecule has 1 heterocycles. The highest BCUT2D eigenvalue weighted by Crippen LogP contribution is 2.29. The fraction of sp³-hybridized carbons (Fsp3) is 0.600. The maximum Gasteiger partial charge on any atom is 0.416 e. The monoisotopic (exact) mass is 397 g/mol. The number of benzene rings is 1. The maximum absolute atomic E-state index is 12.6. The largest absolute Gasteiger partial charge is 0.416 e. The summed E-state index contributed by atoms with van der Waals surface area (Å²) < 4.78 is 37.8. The highest BCUT2D eigenvalue weighted by atomic mass is 19.4. The van der Waals surface area contributed by atoms with E-state index in [9.17, 15) is 22.8 Å². The lowest BCUT2D eigenvalue weighted by atomic mass is 9.95. The number of amides is 3. The predicted molar refractivity (Wildman–Crippen MR) is 98.9 cm³/mol. The van der Waals surface area contributed by atoms with Crippen molar-refractivity contribution in [3.8, 4) is 0 Å². The third-order valence-corrected chi connectivity index (χ3v) is 5.52. The van der Waals surface area contributed by atoms with Gasteiger partial charge in [-0.3, -0.25) is 4.79 Å². The van der Waals surface area contributed by atoms with E-state index in [1.165, 1.54) is 18.6 Å². The third-order valence-electron chi connectivity index (χ3n) is 5.52. The van der Waals surface area contributed by atoms with E-state index < -0.39 is 11.7 Å². The molecule has 2 fully saturated rings. The van der Waals surface area contributed by atoms with E-state index in [1.807, 2.05) is 0 Å². The molecule has 3 amide bonds. The second kappa shape index (κ2) is 8.84. The molecule has 1 aliphatic heterocycles. The summed E-state index contributed by atoms with van der Waals surface area (Å²) in [6, 6.07) is 4.32. The Morgan fingerprint density at radius 3 is 2.00 bits per heavy atom. The zero-order chi connectivity index (χ0) is 20.1. The Morgan fingerprint density at radius 2 is 1.43 bits per heavy atom. The maximum atomic E-state index is 12.6. The lowest BCUT2D eigenvalue weighted by Gasteiger charge is -2.34.